The number of ether oxygens (including phenoxy) is 2. The predicted molar refractivity (Wildman–Crippen MR) is 83.4 cm³/mol. The van der Waals surface area contributed by atoms with Crippen LogP contribution in [0, 0.1) is 0 Å². The number of amides is 2. The maximum Gasteiger partial charge on any atom is 0.416 e. The van der Waals surface area contributed by atoms with Gasteiger partial charge in [0.1, 0.15) is 6.04 Å². The van der Waals surface area contributed by atoms with E-state index < -0.39 is 41.7 Å². The molecule has 1 aromatic carbocycles. The monoisotopic (exact) mass is 374 g/mol. The normalized spacial score (nSPS) is 19.0. The van der Waals surface area contributed by atoms with Gasteiger partial charge in [-0.1, -0.05) is 0 Å². The summed E-state index contributed by atoms with van der Waals surface area (Å²) >= 11 is 0. The van der Waals surface area contributed by atoms with Crippen molar-refractivity contribution in [1.29, 1.82) is 0 Å². The molecule has 1 aliphatic rings. The van der Waals surface area contributed by atoms with Crippen molar-refractivity contribution >= 4 is 23.7 Å². The van der Waals surface area contributed by atoms with Gasteiger partial charge in [0.2, 0.25) is 5.91 Å². The molecular weight excluding hydrogens is 357 g/mol. The largest absolute Gasteiger partial charge is 0.464 e. The van der Waals surface area contributed by atoms with E-state index in [0.29, 0.717) is 0 Å². The second kappa shape index (κ2) is 7.63. The third-order valence-corrected chi connectivity index (χ3v) is 3.85. The topological polar surface area (TPSA) is 93.7 Å². The molecule has 2 amide bonds. The molecule has 2 rings (SSSR count). The van der Waals surface area contributed by atoms with Gasteiger partial charge < -0.3 is 14.8 Å². The summed E-state index contributed by atoms with van der Waals surface area (Å²) in [5.74, 6) is -2.68. The SMILES string of the molecule is CCOC(=O)[C@H]1C[C@@H](C(=O)NC(=O)OC)c2cc(C(F)(F)F)ccc2N1. The first kappa shape index (κ1) is 19.5. The minimum atomic E-state index is -4.60. The van der Waals surface area contributed by atoms with Crippen LogP contribution < -0.4 is 10.6 Å². The van der Waals surface area contributed by atoms with Gasteiger partial charge in [0, 0.05) is 5.69 Å². The number of anilines is 1. The molecule has 0 saturated carbocycles. The standard InChI is InChI=1S/C16H17F3N2O5/c1-3-26-14(23)12-7-10(13(22)21-15(24)25-2)9-6-8(16(17,18)19)4-5-11(9)20-12/h4-6,10,12,20H,3,7H2,1-2H3,(H,21,22,24)/t10-,12-/m1/s1. The lowest BCUT2D eigenvalue weighted by molar-refractivity contribution is -0.144. The molecule has 142 valence electrons. The highest BCUT2D eigenvalue weighted by Crippen LogP contribution is 2.39. The quantitative estimate of drug-likeness (QED) is 0.790. The number of carbonyl (C=O) groups excluding carboxylic acids is 3. The van der Waals surface area contributed by atoms with Crippen LogP contribution in [0.5, 0.6) is 0 Å². The van der Waals surface area contributed by atoms with E-state index in [4.69, 9.17) is 4.74 Å². The van der Waals surface area contributed by atoms with Crippen molar-refractivity contribution < 1.29 is 37.0 Å². The molecule has 0 unspecified atom stereocenters. The van der Waals surface area contributed by atoms with Gasteiger partial charge in [0.05, 0.1) is 25.2 Å². The Balaban J connectivity index is 2.41. The lowest BCUT2D eigenvalue weighted by Crippen LogP contribution is -2.42. The predicted octanol–water partition coefficient (Wildman–Crippen LogP) is 2.42. The van der Waals surface area contributed by atoms with E-state index in [1.165, 1.54) is 0 Å². The van der Waals surface area contributed by atoms with Crippen molar-refractivity contribution in [2.45, 2.75) is 31.5 Å². The van der Waals surface area contributed by atoms with Gasteiger partial charge in [0.15, 0.2) is 0 Å². The fourth-order valence-electron chi connectivity index (χ4n) is 2.65. The average Bonchev–Trinajstić information content (AvgIpc) is 2.59. The van der Waals surface area contributed by atoms with E-state index in [9.17, 15) is 27.6 Å². The van der Waals surface area contributed by atoms with Gasteiger partial charge in [0.25, 0.3) is 0 Å². The number of imide groups is 1. The van der Waals surface area contributed by atoms with Crippen LogP contribution in [0.15, 0.2) is 18.2 Å². The summed E-state index contributed by atoms with van der Waals surface area (Å²) in [4.78, 5) is 35.6. The van der Waals surface area contributed by atoms with E-state index in [2.05, 4.69) is 10.1 Å². The summed E-state index contributed by atoms with van der Waals surface area (Å²) in [6, 6.07) is 1.87. The van der Waals surface area contributed by atoms with E-state index in [1.807, 2.05) is 5.32 Å². The van der Waals surface area contributed by atoms with E-state index in [0.717, 1.165) is 25.3 Å². The molecular formula is C16H17F3N2O5. The maximum absolute atomic E-state index is 13.0. The number of rotatable bonds is 3. The van der Waals surface area contributed by atoms with Crippen molar-refractivity contribution in [2.75, 3.05) is 19.0 Å². The molecule has 0 radical (unpaired) electrons. The molecule has 0 fully saturated rings. The number of halogens is 3. The minimum Gasteiger partial charge on any atom is -0.464 e. The van der Waals surface area contributed by atoms with Crippen molar-refractivity contribution in [3.8, 4) is 0 Å². The highest BCUT2D eigenvalue weighted by Gasteiger charge is 2.39. The zero-order valence-corrected chi connectivity index (χ0v) is 14.0. The summed E-state index contributed by atoms with van der Waals surface area (Å²) in [7, 11) is 1.04. The first-order chi connectivity index (χ1) is 12.2. The van der Waals surface area contributed by atoms with Crippen LogP contribution in [0.4, 0.5) is 23.7 Å². The van der Waals surface area contributed by atoms with Gasteiger partial charge in [-0.2, -0.15) is 13.2 Å². The number of hydrogen-bond acceptors (Lipinski definition) is 6. The third kappa shape index (κ3) is 4.24. The van der Waals surface area contributed by atoms with Crippen molar-refractivity contribution in [1.82, 2.24) is 5.32 Å². The number of fused-ring (bicyclic) bond motifs is 1. The molecule has 0 saturated heterocycles. The smallest absolute Gasteiger partial charge is 0.416 e. The molecule has 1 heterocycles. The Bertz CT molecular complexity index is 720. The lowest BCUT2D eigenvalue weighted by atomic mass is 9.85. The molecule has 1 aliphatic heterocycles. The first-order valence-corrected chi connectivity index (χ1v) is 7.70. The number of alkyl halides is 3. The molecule has 7 nitrogen and oxygen atoms in total. The molecule has 0 spiro atoms. The second-order valence-electron chi connectivity index (χ2n) is 5.52. The molecule has 1 aromatic rings. The van der Waals surface area contributed by atoms with Gasteiger partial charge in [-0.15, -0.1) is 0 Å². The van der Waals surface area contributed by atoms with Gasteiger partial charge in [-0.3, -0.25) is 10.1 Å². The van der Waals surface area contributed by atoms with E-state index in [1.54, 1.807) is 6.92 Å². The molecule has 2 atom stereocenters. The number of nitrogens with one attached hydrogen (secondary N) is 2. The molecule has 0 bridgehead atoms. The van der Waals surface area contributed by atoms with Crippen molar-refractivity contribution in [2.24, 2.45) is 0 Å². The Labute approximate surface area is 146 Å². The van der Waals surface area contributed by atoms with Crippen LogP contribution >= 0.6 is 0 Å². The summed E-state index contributed by atoms with van der Waals surface area (Å²) < 4.78 is 48.2. The van der Waals surface area contributed by atoms with E-state index in [-0.39, 0.29) is 24.3 Å². The fourth-order valence-corrected chi connectivity index (χ4v) is 2.65. The van der Waals surface area contributed by atoms with Crippen LogP contribution in [0.2, 0.25) is 0 Å². The number of hydrogen-bond donors (Lipinski definition) is 2. The number of alkyl carbamates (subject to hydrolysis) is 1. The third-order valence-electron chi connectivity index (χ3n) is 3.85. The Morgan fingerprint density at radius 1 is 1.31 bits per heavy atom. The summed E-state index contributed by atoms with van der Waals surface area (Å²) in [6.07, 6.45) is -5.82. The minimum absolute atomic E-state index is 0.0294. The number of carbonyl (C=O) groups is 3. The van der Waals surface area contributed by atoms with Gasteiger partial charge in [-0.05, 0) is 37.1 Å². The zero-order valence-electron chi connectivity index (χ0n) is 14.0. The zero-order chi connectivity index (χ0) is 19.5. The second-order valence-corrected chi connectivity index (χ2v) is 5.52. The molecule has 0 aliphatic carbocycles. The Morgan fingerprint density at radius 2 is 2.00 bits per heavy atom. The summed E-state index contributed by atoms with van der Waals surface area (Å²) in [6.45, 7) is 1.71. The van der Waals surface area contributed by atoms with Crippen LogP contribution in [0.3, 0.4) is 0 Å². The number of methoxy groups -OCH3 is 1. The average molecular weight is 374 g/mol. The fraction of sp³-hybridized carbons (Fsp3) is 0.438. The van der Waals surface area contributed by atoms with Crippen molar-refractivity contribution in [3.63, 3.8) is 0 Å². The Kier molecular flexibility index (Phi) is 5.73. The summed E-state index contributed by atoms with van der Waals surface area (Å²) in [5, 5.41) is 4.70. The molecule has 0 aromatic heterocycles. The summed E-state index contributed by atoms with van der Waals surface area (Å²) in [5.41, 5.74) is -0.724. The van der Waals surface area contributed by atoms with Crippen LogP contribution in [0.25, 0.3) is 0 Å². The van der Waals surface area contributed by atoms with E-state index >= 15 is 0 Å². The molecule has 2 N–H and O–H groups in total. The Hall–Kier alpha value is -2.78. The molecule has 26 heavy (non-hydrogen) atoms. The van der Waals surface area contributed by atoms with Crippen molar-refractivity contribution in [3.05, 3.63) is 29.3 Å². The van der Waals surface area contributed by atoms with Gasteiger partial charge in [-0.25, -0.2) is 9.59 Å². The highest BCUT2D eigenvalue weighted by atomic mass is 19.4. The molecule has 10 heteroatoms. The number of benzene rings is 1. The Morgan fingerprint density at radius 3 is 2.58 bits per heavy atom. The number of esters is 1. The van der Waals surface area contributed by atoms with Crippen LogP contribution in [0.1, 0.15) is 30.4 Å². The first-order valence-electron chi connectivity index (χ1n) is 7.70. The van der Waals surface area contributed by atoms with Crippen LogP contribution in [-0.4, -0.2) is 37.7 Å². The van der Waals surface area contributed by atoms with Gasteiger partial charge >= 0.3 is 18.2 Å². The highest BCUT2D eigenvalue weighted by molar-refractivity contribution is 5.98. The lowest BCUT2D eigenvalue weighted by Gasteiger charge is -2.31. The van der Waals surface area contributed by atoms with Crippen LogP contribution in [-0.2, 0) is 25.2 Å². The maximum atomic E-state index is 13.0.